The Hall–Kier alpha value is -0.460. The molecule has 3 nitrogen and oxygen atoms in total. The lowest BCUT2D eigenvalue weighted by molar-refractivity contribution is 0.430. The number of hydrogen-bond acceptors (Lipinski definition) is 3. The van der Waals surface area contributed by atoms with Crippen molar-refractivity contribution in [3.05, 3.63) is 34.1 Å². The van der Waals surface area contributed by atoms with Crippen molar-refractivity contribution in [2.24, 2.45) is 0 Å². The Morgan fingerprint density at radius 2 is 1.94 bits per heavy atom. The second kappa shape index (κ2) is 5.27. The molecule has 0 saturated carbocycles. The highest BCUT2D eigenvalue weighted by atomic mass is 79.9. The molecule has 0 radical (unpaired) electrons. The molecular formula is C12H17BrFNO2S. The molecule has 0 heterocycles. The van der Waals surface area contributed by atoms with Crippen LogP contribution in [0.15, 0.2) is 22.7 Å². The lowest BCUT2D eigenvalue weighted by Crippen LogP contribution is -2.44. The van der Waals surface area contributed by atoms with E-state index in [2.05, 4.69) is 21.2 Å². The van der Waals surface area contributed by atoms with E-state index in [1.54, 1.807) is 33.0 Å². The predicted molar refractivity (Wildman–Crippen MR) is 74.8 cm³/mol. The summed E-state index contributed by atoms with van der Waals surface area (Å²) in [5.74, 6) is -0.422. The van der Waals surface area contributed by atoms with E-state index < -0.39 is 26.4 Å². The van der Waals surface area contributed by atoms with Gasteiger partial charge in [0.2, 0.25) is 0 Å². The molecule has 0 aliphatic heterocycles. The molecule has 1 rings (SSSR count). The normalized spacial score (nSPS) is 14.6. The third-order valence-corrected chi connectivity index (χ3v) is 5.85. The van der Waals surface area contributed by atoms with Crippen molar-refractivity contribution in [1.82, 2.24) is 5.32 Å². The number of rotatable bonds is 4. The highest BCUT2D eigenvalue weighted by Gasteiger charge is 2.40. The average Bonchev–Trinajstić information content (AvgIpc) is 2.22. The quantitative estimate of drug-likeness (QED) is 0.918. The van der Waals surface area contributed by atoms with Crippen molar-refractivity contribution in [3.63, 3.8) is 0 Å². The van der Waals surface area contributed by atoms with Gasteiger partial charge in [0.25, 0.3) is 0 Å². The van der Waals surface area contributed by atoms with Gasteiger partial charge in [-0.1, -0.05) is 15.9 Å². The van der Waals surface area contributed by atoms with E-state index >= 15 is 0 Å². The first kappa shape index (κ1) is 15.6. The third-order valence-electron chi connectivity index (χ3n) is 3.21. The summed E-state index contributed by atoms with van der Waals surface area (Å²) in [5, 5.41) is 2.89. The van der Waals surface area contributed by atoms with Gasteiger partial charge in [-0.05, 0) is 39.1 Å². The standard InChI is InChI=1S/C12H17BrFNO2S/c1-12(2,18(4,16)17)11(15-3)9-7-8(13)5-6-10(9)14/h5-7,11,15H,1-4H3. The average molecular weight is 338 g/mol. The fraction of sp³-hybridized carbons (Fsp3) is 0.500. The monoisotopic (exact) mass is 337 g/mol. The van der Waals surface area contributed by atoms with E-state index in [9.17, 15) is 12.8 Å². The maximum absolute atomic E-state index is 13.9. The Labute approximate surface area is 116 Å². The second-order valence-electron chi connectivity index (χ2n) is 4.76. The smallest absolute Gasteiger partial charge is 0.154 e. The van der Waals surface area contributed by atoms with Crippen LogP contribution in [0.1, 0.15) is 25.5 Å². The number of halogens is 2. The van der Waals surface area contributed by atoms with Crippen LogP contribution < -0.4 is 5.32 Å². The Morgan fingerprint density at radius 3 is 2.39 bits per heavy atom. The molecule has 0 aliphatic rings. The van der Waals surface area contributed by atoms with Gasteiger partial charge < -0.3 is 5.32 Å². The first-order valence-electron chi connectivity index (χ1n) is 5.43. The second-order valence-corrected chi connectivity index (χ2v) is 8.28. The van der Waals surface area contributed by atoms with E-state index in [-0.39, 0.29) is 0 Å². The summed E-state index contributed by atoms with van der Waals surface area (Å²) in [5.41, 5.74) is 0.335. The summed E-state index contributed by atoms with van der Waals surface area (Å²) >= 11 is 3.27. The largest absolute Gasteiger partial charge is 0.312 e. The summed E-state index contributed by atoms with van der Waals surface area (Å²) in [6.45, 7) is 3.17. The third kappa shape index (κ3) is 2.92. The minimum atomic E-state index is -3.34. The fourth-order valence-electron chi connectivity index (χ4n) is 1.83. The highest BCUT2D eigenvalue weighted by molar-refractivity contribution is 9.10. The minimum absolute atomic E-state index is 0.335. The number of hydrogen-bond donors (Lipinski definition) is 1. The van der Waals surface area contributed by atoms with Gasteiger partial charge in [0.15, 0.2) is 9.84 Å². The fourth-order valence-corrected chi connectivity index (χ4v) is 2.88. The molecule has 0 spiro atoms. The summed E-state index contributed by atoms with van der Waals surface area (Å²) in [6.07, 6.45) is 1.16. The van der Waals surface area contributed by atoms with E-state index in [1.807, 2.05) is 0 Å². The lowest BCUT2D eigenvalue weighted by Gasteiger charge is -2.33. The lowest BCUT2D eigenvalue weighted by atomic mass is 9.95. The zero-order valence-electron chi connectivity index (χ0n) is 10.8. The van der Waals surface area contributed by atoms with Gasteiger partial charge in [-0.25, -0.2) is 12.8 Å². The molecule has 0 saturated heterocycles. The number of benzene rings is 1. The van der Waals surface area contributed by atoms with Crippen LogP contribution in [0.25, 0.3) is 0 Å². The molecule has 6 heteroatoms. The van der Waals surface area contributed by atoms with Crippen molar-refractivity contribution in [2.75, 3.05) is 13.3 Å². The van der Waals surface area contributed by atoms with Crippen LogP contribution in [0.2, 0.25) is 0 Å². The SMILES string of the molecule is CNC(c1cc(Br)ccc1F)C(C)(C)S(C)(=O)=O. The Balaban J connectivity index is 3.39. The molecule has 0 aliphatic carbocycles. The van der Waals surface area contributed by atoms with Gasteiger partial charge in [0.05, 0.1) is 10.8 Å². The van der Waals surface area contributed by atoms with E-state index in [0.717, 1.165) is 6.26 Å². The van der Waals surface area contributed by atoms with Crippen LogP contribution in [0.4, 0.5) is 4.39 Å². The zero-order valence-corrected chi connectivity index (χ0v) is 13.2. The topological polar surface area (TPSA) is 46.2 Å². The maximum atomic E-state index is 13.9. The van der Waals surface area contributed by atoms with E-state index in [0.29, 0.717) is 10.0 Å². The molecule has 1 aromatic carbocycles. The molecule has 102 valence electrons. The van der Waals surface area contributed by atoms with Crippen LogP contribution >= 0.6 is 15.9 Å². The zero-order chi connectivity index (χ0) is 14.1. The molecule has 0 fully saturated rings. The molecule has 0 bridgehead atoms. The molecule has 0 aromatic heterocycles. The summed E-state index contributed by atoms with van der Waals surface area (Å²) in [4.78, 5) is 0. The minimum Gasteiger partial charge on any atom is -0.312 e. The van der Waals surface area contributed by atoms with Crippen LogP contribution in [0.5, 0.6) is 0 Å². The van der Waals surface area contributed by atoms with Crippen molar-refractivity contribution in [2.45, 2.75) is 24.6 Å². The van der Waals surface area contributed by atoms with Gasteiger partial charge in [-0.15, -0.1) is 0 Å². The summed E-state index contributed by atoms with van der Waals surface area (Å²) < 4.78 is 37.2. The Morgan fingerprint density at radius 1 is 1.39 bits per heavy atom. The Kier molecular flexibility index (Phi) is 4.56. The van der Waals surface area contributed by atoms with Crippen LogP contribution in [0, 0.1) is 5.82 Å². The molecular weight excluding hydrogens is 321 g/mol. The van der Waals surface area contributed by atoms with Crippen molar-refractivity contribution >= 4 is 25.8 Å². The number of sulfone groups is 1. The van der Waals surface area contributed by atoms with Crippen LogP contribution in [0.3, 0.4) is 0 Å². The van der Waals surface area contributed by atoms with Crippen molar-refractivity contribution in [3.8, 4) is 0 Å². The van der Waals surface area contributed by atoms with Gasteiger partial charge in [0, 0.05) is 16.3 Å². The van der Waals surface area contributed by atoms with Crippen molar-refractivity contribution in [1.29, 1.82) is 0 Å². The Bertz CT molecular complexity index is 543. The summed E-state index contributed by atoms with van der Waals surface area (Å²) in [6, 6.07) is 3.88. The molecule has 1 unspecified atom stereocenters. The highest BCUT2D eigenvalue weighted by Crippen LogP contribution is 2.34. The molecule has 1 aromatic rings. The molecule has 1 atom stereocenters. The van der Waals surface area contributed by atoms with Crippen LogP contribution in [-0.2, 0) is 9.84 Å². The van der Waals surface area contributed by atoms with Gasteiger partial charge >= 0.3 is 0 Å². The van der Waals surface area contributed by atoms with E-state index in [4.69, 9.17) is 0 Å². The van der Waals surface area contributed by atoms with Gasteiger partial charge in [0.1, 0.15) is 5.82 Å². The van der Waals surface area contributed by atoms with Gasteiger partial charge in [-0.2, -0.15) is 0 Å². The number of nitrogens with one attached hydrogen (secondary N) is 1. The van der Waals surface area contributed by atoms with Crippen molar-refractivity contribution < 1.29 is 12.8 Å². The van der Waals surface area contributed by atoms with Crippen LogP contribution in [-0.4, -0.2) is 26.5 Å². The molecule has 0 amide bonds. The first-order chi connectivity index (χ1) is 8.11. The molecule has 1 N–H and O–H groups in total. The van der Waals surface area contributed by atoms with E-state index in [1.165, 1.54) is 6.07 Å². The predicted octanol–water partition coefficient (Wildman–Crippen LogP) is 2.67. The maximum Gasteiger partial charge on any atom is 0.154 e. The summed E-state index contributed by atoms with van der Waals surface area (Å²) in [7, 11) is -1.71. The first-order valence-corrected chi connectivity index (χ1v) is 8.11. The van der Waals surface area contributed by atoms with Gasteiger partial charge in [-0.3, -0.25) is 0 Å². The molecule has 18 heavy (non-hydrogen) atoms.